The van der Waals surface area contributed by atoms with E-state index in [4.69, 9.17) is 14.2 Å². The van der Waals surface area contributed by atoms with E-state index < -0.39 is 6.10 Å². The van der Waals surface area contributed by atoms with Gasteiger partial charge in [0.15, 0.2) is 0 Å². The van der Waals surface area contributed by atoms with Gasteiger partial charge in [0.2, 0.25) is 0 Å². The maximum absolute atomic E-state index is 13.0. The Labute approximate surface area is 143 Å². The number of carbonyl (C=O) groups is 1. The first-order chi connectivity index (χ1) is 11.8. The molecule has 2 aliphatic rings. The summed E-state index contributed by atoms with van der Waals surface area (Å²) < 4.78 is 16.8. The van der Waals surface area contributed by atoms with Gasteiger partial charge in [0, 0.05) is 38.3 Å². The molecule has 1 amide bonds. The largest absolute Gasteiger partial charge is 0.496 e. The van der Waals surface area contributed by atoms with Crippen LogP contribution in [0.25, 0.3) is 0 Å². The van der Waals surface area contributed by atoms with Crippen molar-refractivity contribution in [2.45, 2.75) is 31.6 Å². The minimum Gasteiger partial charge on any atom is -0.496 e. The number of morpholine rings is 1. The van der Waals surface area contributed by atoms with Crippen LogP contribution in [0, 0.1) is 0 Å². The lowest BCUT2D eigenvalue weighted by Crippen LogP contribution is -2.50. The standard InChI is InChI=1S/C18H26N2O4/c1-22-16-7-3-2-5-14(16)12-20(13-15-6-4-9-23-15)18(21)17-11-19-8-10-24-17/h2-3,5,7,15,17,19H,4,6,8-13H2,1H3/t15-,17-/m1/s1. The van der Waals surface area contributed by atoms with Crippen molar-refractivity contribution in [1.82, 2.24) is 10.2 Å². The Morgan fingerprint density at radius 3 is 2.92 bits per heavy atom. The van der Waals surface area contributed by atoms with Crippen LogP contribution in [0.4, 0.5) is 0 Å². The molecule has 132 valence electrons. The third-order valence-electron chi connectivity index (χ3n) is 4.52. The molecule has 0 saturated carbocycles. The van der Waals surface area contributed by atoms with Gasteiger partial charge >= 0.3 is 0 Å². The van der Waals surface area contributed by atoms with Crippen LogP contribution in [0.5, 0.6) is 5.75 Å². The summed E-state index contributed by atoms with van der Waals surface area (Å²) in [5.74, 6) is 0.814. The van der Waals surface area contributed by atoms with Gasteiger partial charge in [0.1, 0.15) is 11.9 Å². The van der Waals surface area contributed by atoms with Gasteiger partial charge in [-0.1, -0.05) is 18.2 Å². The lowest BCUT2D eigenvalue weighted by atomic mass is 10.1. The first-order valence-corrected chi connectivity index (χ1v) is 8.62. The Kier molecular flexibility index (Phi) is 6.07. The molecule has 3 rings (SSSR count). The Bertz CT molecular complexity index is 540. The lowest BCUT2D eigenvalue weighted by Gasteiger charge is -2.31. The van der Waals surface area contributed by atoms with Crippen molar-refractivity contribution in [3.8, 4) is 5.75 Å². The van der Waals surface area contributed by atoms with Crippen LogP contribution in [0.2, 0.25) is 0 Å². The van der Waals surface area contributed by atoms with Gasteiger partial charge in [-0.15, -0.1) is 0 Å². The topological polar surface area (TPSA) is 60.0 Å². The second kappa shape index (κ2) is 8.46. The van der Waals surface area contributed by atoms with Gasteiger partial charge in [-0.2, -0.15) is 0 Å². The molecule has 0 unspecified atom stereocenters. The molecule has 0 aromatic heterocycles. The summed E-state index contributed by atoms with van der Waals surface area (Å²) in [6.07, 6.45) is 1.75. The average molecular weight is 334 g/mol. The van der Waals surface area contributed by atoms with Crippen LogP contribution in [0.1, 0.15) is 18.4 Å². The predicted molar refractivity (Wildman–Crippen MR) is 90.0 cm³/mol. The molecule has 1 N–H and O–H groups in total. The molecule has 0 bridgehead atoms. The second-order valence-electron chi connectivity index (χ2n) is 6.23. The van der Waals surface area contributed by atoms with E-state index in [2.05, 4.69) is 5.32 Å². The van der Waals surface area contributed by atoms with Gasteiger partial charge in [0.25, 0.3) is 5.91 Å². The number of hydrogen-bond acceptors (Lipinski definition) is 5. The first kappa shape index (κ1) is 17.2. The molecule has 2 aliphatic heterocycles. The third-order valence-corrected chi connectivity index (χ3v) is 4.52. The normalized spacial score (nSPS) is 23.9. The molecular formula is C18H26N2O4. The van der Waals surface area contributed by atoms with Crippen LogP contribution < -0.4 is 10.1 Å². The minimum atomic E-state index is -0.421. The molecule has 2 fully saturated rings. The van der Waals surface area contributed by atoms with Crippen LogP contribution in [0.15, 0.2) is 24.3 Å². The van der Waals surface area contributed by atoms with E-state index in [0.717, 1.165) is 37.3 Å². The minimum absolute atomic E-state index is 0.0172. The number of nitrogens with zero attached hydrogens (tertiary/aromatic N) is 1. The smallest absolute Gasteiger partial charge is 0.253 e. The maximum atomic E-state index is 13.0. The number of benzene rings is 1. The number of ether oxygens (including phenoxy) is 3. The van der Waals surface area contributed by atoms with Crippen LogP contribution >= 0.6 is 0 Å². The number of hydrogen-bond donors (Lipinski definition) is 1. The highest BCUT2D eigenvalue weighted by molar-refractivity contribution is 5.81. The SMILES string of the molecule is COc1ccccc1CN(C[C@H]1CCCO1)C(=O)[C@H]1CNCCO1. The monoisotopic (exact) mass is 334 g/mol. The van der Waals surface area contributed by atoms with Crippen LogP contribution in [-0.4, -0.2) is 63.0 Å². The molecule has 24 heavy (non-hydrogen) atoms. The number of rotatable bonds is 6. The van der Waals surface area contributed by atoms with Crippen molar-refractivity contribution in [2.75, 3.05) is 40.0 Å². The zero-order valence-corrected chi connectivity index (χ0v) is 14.2. The molecule has 0 spiro atoms. The number of nitrogens with one attached hydrogen (secondary N) is 1. The zero-order valence-electron chi connectivity index (χ0n) is 14.2. The number of methoxy groups -OCH3 is 1. The van der Waals surface area contributed by atoms with E-state index in [1.807, 2.05) is 29.2 Å². The first-order valence-electron chi connectivity index (χ1n) is 8.62. The maximum Gasteiger partial charge on any atom is 0.253 e. The molecule has 0 radical (unpaired) electrons. The van der Waals surface area contributed by atoms with Gasteiger partial charge in [-0.3, -0.25) is 4.79 Å². The summed E-state index contributed by atoms with van der Waals surface area (Å²) in [6, 6.07) is 7.81. The van der Waals surface area contributed by atoms with Crippen molar-refractivity contribution < 1.29 is 19.0 Å². The highest BCUT2D eigenvalue weighted by Gasteiger charge is 2.30. The highest BCUT2D eigenvalue weighted by Crippen LogP contribution is 2.22. The van der Waals surface area contributed by atoms with Gasteiger partial charge < -0.3 is 24.4 Å². The Balaban J connectivity index is 1.74. The van der Waals surface area contributed by atoms with E-state index in [-0.39, 0.29) is 12.0 Å². The van der Waals surface area contributed by atoms with E-state index in [1.165, 1.54) is 0 Å². The van der Waals surface area contributed by atoms with Crippen molar-refractivity contribution in [1.29, 1.82) is 0 Å². The van der Waals surface area contributed by atoms with Crippen molar-refractivity contribution in [3.63, 3.8) is 0 Å². The lowest BCUT2D eigenvalue weighted by molar-refractivity contribution is -0.147. The van der Waals surface area contributed by atoms with Gasteiger partial charge in [-0.05, 0) is 18.9 Å². The van der Waals surface area contributed by atoms with E-state index >= 15 is 0 Å². The number of amides is 1. The second-order valence-corrected chi connectivity index (χ2v) is 6.23. The van der Waals surface area contributed by atoms with Crippen LogP contribution in [0.3, 0.4) is 0 Å². The van der Waals surface area contributed by atoms with Crippen molar-refractivity contribution in [2.24, 2.45) is 0 Å². The third kappa shape index (κ3) is 4.26. The van der Waals surface area contributed by atoms with Crippen LogP contribution in [-0.2, 0) is 20.8 Å². The van der Waals surface area contributed by atoms with Gasteiger partial charge in [0.05, 0.1) is 19.8 Å². The quantitative estimate of drug-likeness (QED) is 0.847. The van der Waals surface area contributed by atoms with E-state index in [0.29, 0.717) is 26.2 Å². The summed E-state index contributed by atoms with van der Waals surface area (Å²) in [4.78, 5) is 14.8. The molecular weight excluding hydrogens is 308 g/mol. The van der Waals surface area contributed by atoms with Crippen molar-refractivity contribution in [3.05, 3.63) is 29.8 Å². The number of carbonyl (C=O) groups excluding carboxylic acids is 1. The molecule has 1 aromatic rings. The Hall–Kier alpha value is -1.63. The van der Waals surface area contributed by atoms with E-state index in [9.17, 15) is 4.79 Å². The summed E-state index contributed by atoms with van der Waals surface area (Å²) in [5.41, 5.74) is 0.995. The predicted octanol–water partition coefficient (Wildman–Crippen LogP) is 1.19. The van der Waals surface area contributed by atoms with E-state index in [1.54, 1.807) is 7.11 Å². The summed E-state index contributed by atoms with van der Waals surface area (Å²) >= 11 is 0. The molecule has 2 saturated heterocycles. The zero-order chi connectivity index (χ0) is 16.8. The Morgan fingerprint density at radius 2 is 2.21 bits per heavy atom. The highest BCUT2D eigenvalue weighted by atomic mass is 16.5. The number of para-hydroxylation sites is 1. The van der Waals surface area contributed by atoms with Crippen molar-refractivity contribution >= 4 is 5.91 Å². The fourth-order valence-electron chi connectivity index (χ4n) is 3.23. The van der Waals surface area contributed by atoms with Gasteiger partial charge in [-0.25, -0.2) is 0 Å². The molecule has 6 heteroatoms. The summed E-state index contributed by atoms with van der Waals surface area (Å²) in [7, 11) is 1.65. The summed E-state index contributed by atoms with van der Waals surface area (Å²) in [6.45, 7) is 3.80. The average Bonchev–Trinajstić information content (AvgIpc) is 3.15. The molecule has 2 atom stereocenters. The summed E-state index contributed by atoms with van der Waals surface area (Å²) in [5, 5.41) is 3.22. The Morgan fingerprint density at radius 1 is 1.33 bits per heavy atom. The molecule has 6 nitrogen and oxygen atoms in total. The molecule has 2 heterocycles. The fraction of sp³-hybridized carbons (Fsp3) is 0.611. The molecule has 1 aromatic carbocycles. The fourth-order valence-corrected chi connectivity index (χ4v) is 3.23. The molecule has 0 aliphatic carbocycles.